The van der Waals surface area contributed by atoms with E-state index in [2.05, 4.69) is 13.8 Å². The van der Waals surface area contributed by atoms with Gasteiger partial charge in [0.05, 0.1) is 5.92 Å². The number of urea groups is 1. The van der Waals surface area contributed by atoms with E-state index in [0.717, 1.165) is 19.5 Å². The molecule has 1 N–H and O–H groups in total. The van der Waals surface area contributed by atoms with Crippen LogP contribution in [-0.2, 0) is 4.79 Å². The van der Waals surface area contributed by atoms with Crippen molar-refractivity contribution in [3.05, 3.63) is 0 Å². The summed E-state index contributed by atoms with van der Waals surface area (Å²) < 4.78 is 0. The van der Waals surface area contributed by atoms with Crippen LogP contribution >= 0.6 is 11.8 Å². The predicted molar refractivity (Wildman–Crippen MR) is 75.4 cm³/mol. The summed E-state index contributed by atoms with van der Waals surface area (Å²) in [6, 6.07) is 0.0185. The maximum absolute atomic E-state index is 12.5. The molecule has 0 aromatic heterocycles. The highest BCUT2D eigenvalue weighted by Crippen LogP contribution is 2.26. The van der Waals surface area contributed by atoms with E-state index in [1.807, 2.05) is 16.7 Å². The van der Waals surface area contributed by atoms with Crippen LogP contribution < -0.4 is 0 Å². The lowest BCUT2D eigenvalue weighted by Crippen LogP contribution is -2.53. The Labute approximate surface area is 118 Å². The summed E-state index contributed by atoms with van der Waals surface area (Å²) in [6.45, 7) is 6.85. The number of carboxylic acid groups (broad SMARTS) is 1. The fraction of sp³-hybridized carbons (Fsp3) is 0.846. The molecule has 6 heteroatoms. The lowest BCUT2D eigenvalue weighted by molar-refractivity contribution is -0.143. The molecule has 2 saturated heterocycles. The number of carbonyl (C=O) groups excluding carboxylic acids is 1. The van der Waals surface area contributed by atoms with Gasteiger partial charge in [-0.05, 0) is 12.8 Å². The minimum atomic E-state index is -0.784. The fourth-order valence-electron chi connectivity index (χ4n) is 2.89. The number of thioether (sulfide) groups is 1. The fourth-order valence-corrected chi connectivity index (χ4v) is 4.21. The average molecular weight is 286 g/mol. The van der Waals surface area contributed by atoms with Gasteiger partial charge in [-0.3, -0.25) is 4.79 Å². The van der Waals surface area contributed by atoms with Crippen LogP contribution in [0.4, 0.5) is 4.79 Å². The zero-order valence-corrected chi connectivity index (χ0v) is 12.4. The Morgan fingerprint density at radius 3 is 2.32 bits per heavy atom. The number of amides is 2. The maximum atomic E-state index is 12.5. The van der Waals surface area contributed by atoms with Crippen LogP contribution in [-0.4, -0.2) is 63.6 Å². The monoisotopic (exact) mass is 286 g/mol. The highest BCUT2D eigenvalue weighted by Gasteiger charge is 2.33. The number of piperidine rings is 1. The zero-order valence-electron chi connectivity index (χ0n) is 11.5. The highest BCUT2D eigenvalue weighted by molar-refractivity contribution is 8.00. The molecule has 5 nitrogen and oxygen atoms in total. The van der Waals surface area contributed by atoms with E-state index in [-0.39, 0.29) is 6.03 Å². The molecule has 2 heterocycles. The van der Waals surface area contributed by atoms with Crippen LogP contribution in [0.15, 0.2) is 0 Å². The molecule has 0 bridgehead atoms. The number of aliphatic carboxylic acids is 1. The summed E-state index contributed by atoms with van der Waals surface area (Å²) in [4.78, 5) is 27.1. The molecule has 19 heavy (non-hydrogen) atoms. The molecule has 2 fully saturated rings. The quantitative estimate of drug-likeness (QED) is 0.797. The summed E-state index contributed by atoms with van der Waals surface area (Å²) in [5, 5.41) is 9.98. The minimum Gasteiger partial charge on any atom is -0.481 e. The van der Waals surface area contributed by atoms with Gasteiger partial charge in [0, 0.05) is 36.7 Å². The third kappa shape index (κ3) is 3.55. The summed E-state index contributed by atoms with van der Waals surface area (Å²) in [5.74, 6) is -1.18. The van der Waals surface area contributed by atoms with Gasteiger partial charge in [0.1, 0.15) is 0 Å². The van der Waals surface area contributed by atoms with E-state index < -0.39 is 11.9 Å². The molecule has 2 amide bonds. The number of hydrogen-bond acceptors (Lipinski definition) is 3. The van der Waals surface area contributed by atoms with Crippen LogP contribution in [0.5, 0.6) is 0 Å². The summed E-state index contributed by atoms with van der Waals surface area (Å²) in [7, 11) is 0. The topological polar surface area (TPSA) is 60.9 Å². The van der Waals surface area contributed by atoms with Crippen LogP contribution in [0.25, 0.3) is 0 Å². The summed E-state index contributed by atoms with van der Waals surface area (Å²) >= 11 is 1.91. The van der Waals surface area contributed by atoms with Crippen molar-refractivity contribution in [1.29, 1.82) is 0 Å². The van der Waals surface area contributed by atoms with Crippen LogP contribution in [0, 0.1) is 5.92 Å². The second kappa shape index (κ2) is 6.03. The van der Waals surface area contributed by atoms with Crippen molar-refractivity contribution in [3.63, 3.8) is 0 Å². The van der Waals surface area contributed by atoms with Gasteiger partial charge in [0.15, 0.2) is 0 Å². The van der Waals surface area contributed by atoms with Crippen molar-refractivity contribution in [3.8, 4) is 0 Å². The van der Waals surface area contributed by atoms with Crippen molar-refractivity contribution in [2.24, 2.45) is 5.92 Å². The SMILES string of the molecule is CC1CN(C(=O)N2CCCC(C(=O)O)C2)CC(C)S1. The van der Waals surface area contributed by atoms with Gasteiger partial charge >= 0.3 is 12.0 Å². The van der Waals surface area contributed by atoms with Crippen molar-refractivity contribution in [1.82, 2.24) is 9.80 Å². The molecule has 0 radical (unpaired) electrons. The van der Waals surface area contributed by atoms with Gasteiger partial charge in [-0.1, -0.05) is 13.8 Å². The number of rotatable bonds is 1. The highest BCUT2D eigenvalue weighted by atomic mass is 32.2. The molecule has 3 unspecified atom stereocenters. The molecule has 0 aromatic rings. The second-order valence-corrected chi connectivity index (χ2v) is 7.45. The number of hydrogen-bond donors (Lipinski definition) is 1. The van der Waals surface area contributed by atoms with Gasteiger partial charge in [-0.25, -0.2) is 4.79 Å². The molecule has 2 aliphatic heterocycles. The van der Waals surface area contributed by atoms with Crippen LogP contribution in [0.2, 0.25) is 0 Å². The van der Waals surface area contributed by atoms with E-state index in [1.165, 1.54) is 0 Å². The predicted octanol–water partition coefficient (Wildman–Crippen LogP) is 1.73. The Morgan fingerprint density at radius 1 is 1.11 bits per heavy atom. The Bertz CT molecular complexity index is 354. The number of likely N-dealkylation sites (tertiary alicyclic amines) is 1. The van der Waals surface area contributed by atoms with Gasteiger partial charge in [0.2, 0.25) is 0 Å². The third-order valence-electron chi connectivity index (χ3n) is 3.73. The van der Waals surface area contributed by atoms with Crippen molar-refractivity contribution in [2.45, 2.75) is 37.2 Å². The number of nitrogens with zero attached hydrogens (tertiary/aromatic N) is 2. The Balaban J connectivity index is 1.96. The molecule has 2 aliphatic rings. The van der Waals surface area contributed by atoms with E-state index in [1.54, 1.807) is 4.90 Å². The smallest absolute Gasteiger partial charge is 0.320 e. The van der Waals surface area contributed by atoms with Crippen LogP contribution in [0.1, 0.15) is 26.7 Å². The zero-order chi connectivity index (χ0) is 14.0. The lowest BCUT2D eigenvalue weighted by atomic mass is 9.98. The molecule has 0 saturated carbocycles. The second-order valence-electron chi connectivity index (χ2n) is 5.57. The van der Waals surface area contributed by atoms with E-state index in [0.29, 0.717) is 30.0 Å². The molecule has 0 spiro atoms. The molecular formula is C13H22N2O3S. The Hall–Kier alpha value is -0.910. The van der Waals surface area contributed by atoms with Crippen molar-refractivity contribution in [2.75, 3.05) is 26.2 Å². The molecule has 2 rings (SSSR count). The first kappa shape index (κ1) is 14.5. The van der Waals surface area contributed by atoms with Gasteiger partial charge in [0.25, 0.3) is 0 Å². The molecule has 108 valence electrons. The van der Waals surface area contributed by atoms with E-state index in [4.69, 9.17) is 5.11 Å². The number of carboxylic acids is 1. The van der Waals surface area contributed by atoms with Gasteiger partial charge in [-0.15, -0.1) is 0 Å². The molecule has 3 atom stereocenters. The maximum Gasteiger partial charge on any atom is 0.320 e. The minimum absolute atomic E-state index is 0.0185. The lowest BCUT2D eigenvalue weighted by Gasteiger charge is -2.39. The normalized spacial score (nSPS) is 32.2. The third-order valence-corrected chi connectivity index (χ3v) is 4.96. The molecule has 0 aromatic carbocycles. The van der Waals surface area contributed by atoms with E-state index in [9.17, 15) is 9.59 Å². The van der Waals surface area contributed by atoms with Crippen molar-refractivity contribution < 1.29 is 14.7 Å². The Kier molecular flexibility index (Phi) is 4.60. The standard InChI is InChI=1S/C13H22N2O3S/c1-9-6-15(7-10(2)19-9)13(18)14-5-3-4-11(8-14)12(16)17/h9-11H,3-8H2,1-2H3,(H,16,17). The molecular weight excluding hydrogens is 264 g/mol. The first-order valence-corrected chi connectivity index (χ1v) is 7.83. The first-order chi connectivity index (χ1) is 8.97. The van der Waals surface area contributed by atoms with Gasteiger partial charge in [-0.2, -0.15) is 11.8 Å². The average Bonchev–Trinajstić information content (AvgIpc) is 2.37. The van der Waals surface area contributed by atoms with E-state index >= 15 is 0 Å². The largest absolute Gasteiger partial charge is 0.481 e. The summed E-state index contributed by atoms with van der Waals surface area (Å²) in [5.41, 5.74) is 0. The van der Waals surface area contributed by atoms with Gasteiger partial charge < -0.3 is 14.9 Å². The molecule has 0 aliphatic carbocycles. The number of carbonyl (C=O) groups is 2. The first-order valence-electron chi connectivity index (χ1n) is 6.89. The van der Waals surface area contributed by atoms with Crippen molar-refractivity contribution >= 4 is 23.8 Å². The van der Waals surface area contributed by atoms with Crippen LogP contribution in [0.3, 0.4) is 0 Å². The Morgan fingerprint density at radius 2 is 1.74 bits per heavy atom. The summed E-state index contributed by atoms with van der Waals surface area (Å²) in [6.07, 6.45) is 1.47.